The summed E-state index contributed by atoms with van der Waals surface area (Å²) in [5.74, 6) is -0.591. The van der Waals surface area contributed by atoms with Gasteiger partial charge in [-0.25, -0.2) is 4.68 Å². The van der Waals surface area contributed by atoms with Crippen LogP contribution in [0.2, 0.25) is 0 Å². The lowest BCUT2D eigenvalue weighted by Gasteiger charge is -2.31. The zero-order chi connectivity index (χ0) is 20.1. The molecule has 150 valence electrons. The summed E-state index contributed by atoms with van der Waals surface area (Å²) >= 11 is 0. The molecule has 1 fully saturated rings. The summed E-state index contributed by atoms with van der Waals surface area (Å²) in [5, 5.41) is 5.12. The minimum Gasteiger partial charge on any atom is -0.466 e. The highest BCUT2D eigenvalue weighted by Crippen LogP contribution is 2.20. The molecule has 3 rings (SSSR count). The Morgan fingerprint density at radius 3 is 2.79 bits per heavy atom. The fourth-order valence-electron chi connectivity index (χ4n) is 3.66. The molecular formula is C21H27N3O4. The van der Waals surface area contributed by atoms with Crippen molar-refractivity contribution in [2.45, 2.75) is 46.0 Å². The van der Waals surface area contributed by atoms with Crippen molar-refractivity contribution in [1.82, 2.24) is 14.7 Å². The predicted octanol–water partition coefficient (Wildman–Crippen LogP) is 2.96. The normalized spacial score (nSPS) is 16.9. The Balaban J connectivity index is 1.50. The smallest absolute Gasteiger partial charge is 0.310 e. The van der Waals surface area contributed by atoms with E-state index in [2.05, 4.69) is 5.10 Å². The molecule has 28 heavy (non-hydrogen) atoms. The third-order valence-electron chi connectivity index (χ3n) is 5.14. The van der Waals surface area contributed by atoms with Crippen molar-refractivity contribution in [3.05, 3.63) is 30.0 Å². The molecule has 0 radical (unpaired) electrons. The number of likely N-dealkylation sites (tertiary alicyclic amines) is 1. The molecule has 0 unspecified atom stereocenters. The second-order valence-corrected chi connectivity index (χ2v) is 7.30. The highest BCUT2D eigenvalue weighted by atomic mass is 16.5. The van der Waals surface area contributed by atoms with Crippen LogP contribution in [0.25, 0.3) is 10.9 Å². The topological polar surface area (TPSA) is 81.5 Å². The van der Waals surface area contributed by atoms with Gasteiger partial charge >= 0.3 is 5.97 Å². The lowest BCUT2D eigenvalue weighted by molar-refractivity contribution is -0.151. The van der Waals surface area contributed by atoms with Crippen LogP contribution in [0.1, 0.15) is 49.4 Å². The van der Waals surface area contributed by atoms with E-state index in [0.29, 0.717) is 32.5 Å². The van der Waals surface area contributed by atoms with Crippen LogP contribution in [-0.2, 0) is 14.3 Å². The Hall–Kier alpha value is -2.70. The van der Waals surface area contributed by atoms with Gasteiger partial charge in [-0.15, -0.1) is 0 Å². The predicted molar refractivity (Wildman–Crippen MR) is 105 cm³/mol. The first-order valence-electron chi connectivity index (χ1n) is 9.91. The maximum atomic E-state index is 12.5. The lowest BCUT2D eigenvalue weighted by atomic mass is 9.97. The third-order valence-corrected chi connectivity index (χ3v) is 5.14. The number of ether oxygens (including phenoxy) is 1. The van der Waals surface area contributed by atoms with Gasteiger partial charge in [0.15, 0.2) is 0 Å². The van der Waals surface area contributed by atoms with Crippen molar-refractivity contribution in [2.75, 3.05) is 19.7 Å². The highest BCUT2D eigenvalue weighted by Gasteiger charge is 2.29. The Morgan fingerprint density at radius 1 is 1.21 bits per heavy atom. The van der Waals surface area contributed by atoms with E-state index in [1.165, 1.54) is 4.68 Å². The summed E-state index contributed by atoms with van der Waals surface area (Å²) < 4.78 is 6.49. The molecule has 0 spiro atoms. The Kier molecular flexibility index (Phi) is 6.44. The van der Waals surface area contributed by atoms with Gasteiger partial charge in [0.05, 0.1) is 24.2 Å². The number of carbonyl (C=O) groups is 3. The average Bonchev–Trinajstić information content (AvgIpc) is 3.11. The van der Waals surface area contributed by atoms with Crippen LogP contribution in [0.3, 0.4) is 0 Å². The van der Waals surface area contributed by atoms with Crippen molar-refractivity contribution in [3.63, 3.8) is 0 Å². The number of amides is 1. The van der Waals surface area contributed by atoms with Crippen LogP contribution in [0.4, 0.5) is 0 Å². The van der Waals surface area contributed by atoms with E-state index in [9.17, 15) is 14.4 Å². The van der Waals surface area contributed by atoms with Gasteiger partial charge in [-0.3, -0.25) is 14.4 Å². The minimum atomic E-state index is -0.238. The average molecular weight is 385 g/mol. The minimum absolute atomic E-state index is 0.0113. The third kappa shape index (κ3) is 4.58. The van der Waals surface area contributed by atoms with Gasteiger partial charge in [0, 0.05) is 31.3 Å². The zero-order valence-corrected chi connectivity index (χ0v) is 16.5. The van der Waals surface area contributed by atoms with Crippen LogP contribution in [0.15, 0.2) is 24.4 Å². The number of nitrogens with zero attached hydrogens (tertiary/aromatic N) is 3. The highest BCUT2D eigenvalue weighted by molar-refractivity contribution is 5.91. The number of esters is 1. The Bertz CT molecular complexity index is 874. The number of benzene rings is 1. The van der Waals surface area contributed by atoms with Crippen LogP contribution in [-0.4, -0.2) is 52.2 Å². The second kappa shape index (κ2) is 8.99. The van der Waals surface area contributed by atoms with Crippen molar-refractivity contribution >= 4 is 28.7 Å². The van der Waals surface area contributed by atoms with Crippen molar-refractivity contribution in [1.29, 1.82) is 0 Å². The molecule has 1 amide bonds. The molecule has 1 atom stereocenters. The number of rotatable bonds is 6. The van der Waals surface area contributed by atoms with Gasteiger partial charge in [0.25, 0.3) is 0 Å². The number of fused-ring (bicyclic) bond motifs is 1. The van der Waals surface area contributed by atoms with E-state index < -0.39 is 0 Å². The van der Waals surface area contributed by atoms with E-state index in [1.807, 2.05) is 25.1 Å². The Morgan fingerprint density at radius 2 is 2.00 bits per heavy atom. The number of aryl methyl sites for hydroxylation is 1. The summed E-state index contributed by atoms with van der Waals surface area (Å²) in [6.45, 7) is 5.20. The Labute approximate surface area is 164 Å². The number of hydrogen-bond donors (Lipinski definition) is 0. The second-order valence-electron chi connectivity index (χ2n) is 7.30. The number of piperidine rings is 1. The molecule has 1 aliphatic heterocycles. The van der Waals surface area contributed by atoms with Crippen LogP contribution >= 0.6 is 0 Å². The van der Waals surface area contributed by atoms with Crippen LogP contribution in [0, 0.1) is 12.8 Å². The lowest BCUT2D eigenvalue weighted by Crippen LogP contribution is -2.42. The van der Waals surface area contributed by atoms with Gasteiger partial charge in [0.2, 0.25) is 11.8 Å². The van der Waals surface area contributed by atoms with Gasteiger partial charge in [0.1, 0.15) is 0 Å². The van der Waals surface area contributed by atoms with Gasteiger partial charge in [-0.1, -0.05) is 11.6 Å². The molecule has 7 heteroatoms. The van der Waals surface area contributed by atoms with Crippen LogP contribution < -0.4 is 0 Å². The van der Waals surface area contributed by atoms with Gasteiger partial charge < -0.3 is 9.64 Å². The molecular weight excluding hydrogens is 358 g/mol. The SMILES string of the molecule is CCOC(=O)[C@@H]1CCCN(C(=O)CCCC(=O)n2ncc3cc(C)ccc32)C1. The van der Waals surface area contributed by atoms with Crippen molar-refractivity contribution in [3.8, 4) is 0 Å². The first-order valence-corrected chi connectivity index (χ1v) is 9.91. The summed E-state index contributed by atoms with van der Waals surface area (Å²) in [4.78, 5) is 38.6. The number of aromatic nitrogens is 2. The van der Waals surface area contributed by atoms with E-state index in [-0.39, 0.29) is 30.1 Å². The number of hydrogen-bond acceptors (Lipinski definition) is 5. The molecule has 0 saturated carbocycles. The summed E-state index contributed by atoms with van der Waals surface area (Å²) in [6.07, 6.45) is 4.25. The maximum Gasteiger partial charge on any atom is 0.310 e. The van der Waals surface area contributed by atoms with E-state index in [1.54, 1.807) is 18.0 Å². The molecule has 7 nitrogen and oxygen atoms in total. The van der Waals surface area contributed by atoms with Crippen LogP contribution in [0.5, 0.6) is 0 Å². The molecule has 1 aromatic heterocycles. The maximum absolute atomic E-state index is 12.5. The zero-order valence-electron chi connectivity index (χ0n) is 16.5. The molecule has 0 bridgehead atoms. The molecule has 1 aromatic carbocycles. The monoisotopic (exact) mass is 385 g/mol. The molecule has 2 aromatic rings. The number of carbonyl (C=O) groups excluding carboxylic acids is 3. The van der Waals surface area contributed by atoms with Crippen molar-refractivity contribution < 1.29 is 19.1 Å². The van der Waals surface area contributed by atoms with Crippen molar-refractivity contribution in [2.24, 2.45) is 5.92 Å². The standard InChI is InChI=1S/C21H27N3O4/c1-3-28-21(27)16-6-5-11-23(14-16)19(25)7-4-8-20(26)24-18-10-9-15(2)12-17(18)13-22-24/h9-10,12-13,16H,3-8,11,14H2,1-2H3/t16-/m1/s1. The van der Waals surface area contributed by atoms with Gasteiger partial charge in [-0.2, -0.15) is 5.10 Å². The fourth-order valence-corrected chi connectivity index (χ4v) is 3.66. The molecule has 0 N–H and O–H groups in total. The van der Waals surface area contributed by atoms with E-state index in [0.717, 1.165) is 29.3 Å². The molecule has 1 aliphatic rings. The summed E-state index contributed by atoms with van der Waals surface area (Å²) in [5.41, 5.74) is 1.91. The molecule has 2 heterocycles. The first kappa shape index (κ1) is 20.0. The molecule has 1 saturated heterocycles. The van der Waals surface area contributed by atoms with E-state index in [4.69, 9.17) is 4.74 Å². The summed E-state index contributed by atoms with van der Waals surface area (Å²) in [7, 11) is 0. The fraction of sp³-hybridized carbons (Fsp3) is 0.524. The largest absolute Gasteiger partial charge is 0.466 e. The summed E-state index contributed by atoms with van der Waals surface area (Å²) in [6, 6.07) is 5.84. The first-order chi connectivity index (χ1) is 13.5. The molecule has 0 aliphatic carbocycles. The van der Waals surface area contributed by atoms with Gasteiger partial charge in [-0.05, 0) is 45.2 Å². The van der Waals surface area contributed by atoms with E-state index >= 15 is 0 Å². The quantitative estimate of drug-likeness (QED) is 0.714.